The molecule has 3 aromatic rings. The maximum absolute atomic E-state index is 13.4. The Kier molecular flexibility index (Phi) is 10.5. The first-order valence-corrected chi connectivity index (χ1v) is 12.0. The predicted molar refractivity (Wildman–Crippen MR) is 137 cm³/mol. The lowest BCUT2D eigenvalue weighted by Gasteiger charge is -2.23. The Morgan fingerprint density at radius 3 is 1.78 bits per heavy atom. The second-order valence-electron chi connectivity index (χ2n) is 8.38. The summed E-state index contributed by atoms with van der Waals surface area (Å²) in [6, 6.07) is 27.0. The van der Waals surface area contributed by atoms with E-state index < -0.39 is 18.2 Å². The standard InChI is InChI=1S/C29H32N2O5/c1-2-27(32)35-21-25(18-22-12-6-3-7-13-22)30-28(33)26(19-23-14-8-4-9-15-23)31-29(34)36-20-24-16-10-5-11-17-24/h3-17,25-26H,2,18-21H2,1H3,(H,30,33)(H,31,34)/t25-,26-/m0/s1. The third kappa shape index (κ3) is 9.25. The van der Waals surface area contributed by atoms with E-state index in [2.05, 4.69) is 10.6 Å². The minimum absolute atomic E-state index is 0.0316. The lowest BCUT2D eigenvalue weighted by atomic mass is 10.0. The number of hydrogen-bond acceptors (Lipinski definition) is 5. The van der Waals surface area contributed by atoms with Crippen molar-refractivity contribution in [1.29, 1.82) is 0 Å². The molecule has 7 heteroatoms. The smallest absolute Gasteiger partial charge is 0.408 e. The summed E-state index contributed by atoms with van der Waals surface area (Å²) < 4.78 is 10.7. The lowest BCUT2D eigenvalue weighted by molar-refractivity contribution is -0.144. The van der Waals surface area contributed by atoms with E-state index in [0.29, 0.717) is 6.42 Å². The van der Waals surface area contributed by atoms with Gasteiger partial charge in [0, 0.05) is 12.8 Å². The van der Waals surface area contributed by atoms with Gasteiger partial charge in [0.15, 0.2) is 0 Å². The van der Waals surface area contributed by atoms with Gasteiger partial charge in [-0.2, -0.15) is 0 Å². The summed E-state index contributed by atoms with van der Waals surface area (Å²) in [6.07, 6.45) is 0.309. The van der Waals surface area contributed by atoms with E-state index >= 15 is 0 Å². The van der Waals surface area contributed by atoms with E-state index in [-0.39, 0.29) is 37.9 Å². The van der Waals surface area contributed by atoms with Crippen LogP contribution in [-0.4, -0.2) is 36.7 Å². The fraction of sp³-hybridized carbons (Fsp3) is 0.276. The van der Waals surface area contributed by atoms with Gasteiger partial charge in [0.25, 0.3) is 0 Å². The van der Waals surface area contributed by atoms with Gasteiger partial charge in [-0.25, -0.2) is 4.79 Å². The number of benzene rings is 3. The SMILES string of the molecule is CCC(=O)OC[C@H](Cc1ccccc1)NC(=O)[C@H](Cc1ccccc1)NC(=O)OCc1ccccc1. The van der Waals surface area contributed by atoms with Crippen molar-refractivity contribution in [3.63, 3.8) is 0 Å². The first-order valence-electron chi connectivity index (χ1n) is 12.0. The monoisotopic (exact) mass is 488 g/mol. The molecule has 0 unspecified atom stereocenters. The van der Waals surface area contributed by atoms with Gasteiger partial charge >= 0.3 is 12.1 Å². The number of alkyl carbamates (subject to hydrolysis) is 1. The predicted octanol–water partition coefficient (Wildman–Crippen LogP) is 4.20. The Labute approximate surface area is 211 Å². The first-order chi connectivity index (χ1) is 17.5. The number of rotatable bonds is 12. The van der Waals surface area contributed by atoms with Crippen LogP contribution in [0.4, 0.5) is 4.79 Å². The zero-order chi connectivity index (χ0) is 25.6. The Hall–Kier alpha value is -4.13. The second kappa shape index (κ2) is 14.3. The maximum Gasteiger partial charge on any atom is 0.408 e. The number of nitrogens with one attached hydrogen (secondary N) is 2. The maximum atomic E-state index is 13.4. The molecule has 0 saturated heterocycles. The third-order valence-corrected chi connectivity index (χ3v) is 5.51. The van der Waals surface area contributed by atoms with Crippen LogP contribution in [0, 0.1) is 0 Å². The van der Waals surface area contributed by atoms with Crippen LogP contribution in [0.2, 0.25) is 0 Å². The van der Waals surface area contributed by atoms with Crippen LogP contribution in [0.25, 0.3) is 0 Å². The van der Waals surface area contributed by atoms with E-state index in [1.807, 2.05) is 91.0 Å². The molecule has 2 amide bonds. The molecule has 0 aliphatic heterocycles. The summed E-state index contributed by atoms with van der Waals surface area (Å²) in [5.41, 5.74) is 2.72. The molecule has 0 fully saturated rings. The lowest BCUT2D eigenvalue weighted by Crippen LogP contribution is -2.52. The summed E-state index contributed by atoms with van der Waals surface area (Å²) >= 11 is 0. The van der Waals surface area contributed by atoms with Gasteiger partial charge in [0.1, 0.15) is 19.3 Å². The highest BCUT2D eigenvalue weighted by Gasteiger charge is 2.25. The normalized spacial score (nSPS) is 12.1. The zero-order valence-electron chi connectivity index (χ0n) is 20.4. The van der Waals surface area contributed by atoms with Crippen molar-refractivity contribution < 1.29 is 23.9 Å². The van der Waals surface area contributed by atoms with Gasteiger partial charge in [0.2, 0.25) is 5.91 Å². The topological polar surface area (TPSA) is 93.7 Å². The second-order valence-corrected chi connectivity index (χ2v) is 8.38. The molecule has 0 radical (unpaired) electrons. The van der Waals surface area contributed by atoms with Gasteiger partial charge in [0.05, 0.1) is 6.04 Å². The van der Waals surface area contributed by atoms with Crippen molar-refractivity contribution in [2.45, 2.75) is 44.9 Å². The highest BCUT2D eigenvalue weighted by atomic mass is 16.5. The first kappa shape index (κ1) is 26.5. The molecule has 0 spiro atoms. The van der Waals surface area contributed by atoms with Crippen LogP contribution < -0.4 is 10.6 Å². The minimum atomic E-state index is -0.879. The fourth-order valence-corrected chi connectivity index (χ4v) is 3.61. The molecule has 0 saturated carbocycles. The molecule has 0 aromatic heterocycles. The minimum Gasteiger partial charge on any atom is -0.463 e. The summed E-state index contributed by atoms with van der Waals surface area (Å²) in [4.78, 5) is 37.7. The molecule has 2 N–H and O–H groups in total. The number of carbonyl (C=O) groups excluding carboxylic acids is 3. The Morgan fingerprint density at radius 2 is 1.22 bits per heavy atom. The summed E-state index contributed by atoms with van der Waals surface area (Å²) in [5.74, 6) is -0.727. The van der Waals surface area contributed by atoms with Crippen molar-refractivity contribution in [1.82, 2.24) is 10.6 Å². The number of carbonyl (C=O) groups is 3. The van der Waals surface area contributed by atoms with Crippen LogP contribution in [0.1, 0.15) is 30.0 Å². The van der Waals surface area contributed by atoms with Crippen molar-refractivity contribution in [3.05, 3.63) is 108 Å². The molecular formula is C29H32N2O5. The van der Waals surface area contributed by atoms with Gasteiger partial charge in [-0.1, -0.05) is 97.9 Å². The molecule has 3 rings (SSSR count). The average molecular weight is 489 g/mol. The van der Waals surface area contributed by atoms with Crippen LogP contribution in [0.3, 0.4) is 0 Å². The van der Waals surface area contributed by atoms with Crippen molar-refractivity contribution in [2.24, 2.45) is 0 Å². The number of hydrogen-bond donors (Lipinski definition) is 2. The number of esters is 1. The number of amides is 2. The van der Waals surface area contributed by atoms with Gasteiger partial charge in [-0.3, -0.25) is 9.59 Å². The van der Waals surface area contributed by atoms with Crippen LogP contribution >= 0.6 is 0 Å². The summed E-state index contributed by atoms with van der Waals surface area (Å²) in [7, 11) is 0. The van der Waals surface area contributed by atoms with Gasteiger partial charge in [-0.15, -0.1) is 0 Å². The van der Waals surface area contributed by atoms with Crippen LogP contribution in [-0.2, 0) is 38.5 Å². The molecule has 0 aliphatic carbocycles. The Morgan fingerprint density at radius 1 is 0.694 bits per heavy atom. The van der Waals surface area contributed by atoms with Crippen molar-refractivity contribution in [3.8, 4) is 0 Å². The number of ether oxygens (including phenoxy) is 2. The van der Waals surface area contributed by atoms with E-state index in [1.54, 1.807) is 6.92 Å². The zero-order valence-corrected chi connectivity index (χ0v) is 20.4. The third-order valence-electron chi connectivity index (χ3n) is 5.51. The Balaban J connectivity index is 1.69. The molecule has 0 aliphatic rings. The van der Waals surface area contributed by atoms with Gasteiger partial charge < -0.3 is 20.1 Å². The van der Waals surface area contributed by atoms with E-state index in [0.717, 1.165) is 16.7 Å². The van der Waals surface area contributed by atoms with E-state index in [4.69, 9.17) is 9.47 Å². The van der Waals surface area contributed by atoms with E-state index in [9.17, 15) is 14.4 Å². The molecule has 0 bridgehead atoms. The van der Waals surface area contributed by atoms with Crippen LogP contribution in [0.15, 0.2) is 91.0 Å². The fourth-order valence-electron chi connectivity index (χ4n) is 3.61. The largest absolute Gasteiger partial charge is 0.463 e. The van der Waals surface area contributed by atoms with Crippen molar-refractivity contribution in [2.75, 3.05) is 6.61 Å². The van der Waals surface area contributed by atoms with E-state index in [1.165, 1.54) is 0 Å². The molecule has 0 heterocycles. The highest BCUT2D eigenvalue weighted by Crippen LogP contribution is 2.08. The summed E-state index contributed by atoms with van der Waals surface area (Å²) in [5, 5.41) is 5.66. The highest BCUT2D eigenvalue weighted by molar-refractivity contribution is 5.86. The molecule has 188 valence electrons. The molecule has 3 aromatic carbocycles. The molecule has 7 nitrogen and oxygen atoms in total. The Bertz CT molecular complexity index is 1090. The molecule has 2 atom stereocenters. The molecule has 36 heavy (non-hydrogen) atoms. The van der Waals surface area contributed by atoms with Gasteiger partial charge in [-0.05, 0) is 23.1 Å². The average Bonchev–Trinajstić information content (AvgIpc) is 2.91. The van der Waals surface area contributed by atoms with Crippen molar-refractivity contribution >= 4 is 18.0 Å². The molecular weight excluding hydrogens is 456 g/mol. The quantitative estimate of drug-likeness (QED) is 0.373. The van der Waals surface area contributed by atoms with Crippen LogP contribution in [0.5, 0.6) is 0 Å². The summed E-state index contributed by atoms with van der Waals surface area (Å²) in [6.45, 7) is 1.84.